The third-order valence-corrected chi connectivity index (χ3v) is 3.17. The highest BCUT2D eigenvalue weighted by atomic mass is 16.6. The van der Waals surface area contributed by atoms with E-state index in [1.807, 2.05) is 0 Å². The molecular formula is C14H14N4O5. The number of anilines is 1. The van der Waals surface area contributed by atoms with Crippen LogP contribution in [0.2, 0.25) is 0 Å². The van der Waals surface area contributed by atoms with Gasteiger partial charge in [-0.25, -0.2) is 4.79 Å². The zero-order valence-corrected chi connectivity index (χ0v) is 12.7. The summed E-state index contributed by atoms with van der Waals surface area (Å²) in [5.41, 5.74) is -0.112. The molecule has 0 atom stereocenters. The fourth-order valence-corrected chi connectivity index (χ4v) is 2.18. The predicted octanol–water partition coefficient (Wildman–Crippen LogP) is 1.68. The lowest BCUT2D eigenvalue weighted by molar-refractivity contribution is -0.385. The Hall–Kier alpha value is -3.23. The van der Waals surface area contributed by atoms with E-state index < -0.39 is 16.8 Å². The van der Waals surface area contributed by atoms with Gasteiger partial charge in [0.2, 0.25) is 5.69 Å². The summed E-state index contributed by atoms with van der Waals surface area (Å²) in [6, 6.07) is 6.20. The van der Waals surface area contributed by atoms with E-state index in [-0.39, 0.29) is 28.3 Å². The third-order valence-electron chi connectivity index (χ3n) is 3.17. The average molecular weight is 318 g/mol. The van der Waals surface area contributed by atoms with Gasteiger partial charge in [-0.05, 0) is 19.1 Å². The fourth-order valence-electron chi connectivity index (χ4n) is 2.18. The van der Waals surface area contributed by atoms with Gasteiger partial charge in [-0.15, -0.1) is 0 Å². The van der Waals surface area contributed by atoms with Crippen molar-refractivity contribution in [1.29, 1.82) is 0 Å². The first-order valence-electron chi connectivity index (χ1n) is 6.53. The second-order valence-corrected chi connectivity index (χ2v) is 4.65. The third kappa shape index (κ3) is 3.03. The van der Waals surface area contributed by atoms with E-state index in [2.05, 4.69) is 15.2 Å². The van der Waals surface area contributed by atoms with Gasteiger partial charge in [0.25, 0.3) is 5.91 Å². The second kappa shape index (κ2) is 6.26. The van der Waals surface area contributed by atoms with Crippen molar-refractivity contribution in [2.75, 3.05) is 12.4 Å². The Kier molecular flexibility index (Phi) is 4.39. The molecule has 0 unspecified atom stereocenters. The maximum absolute atomic E-state index is 12.4. The summed E-state index contributed by atoms with van der Waals surface area (Å²) in [6.45, 7) is 1.44. The molecule has 2 aromatic rings. The summed E-state index contributed by atoms with van der Waals surface area (Å²) in [7, 11) is 2.65. The maximum atomic E-state index is 12.4. The lowest BCUT2D eigenvalue weighted by Crippen LogP contribution is -2.19. The molecule has 0 aliphatic carbocycles. The SMILES string of the molecule is COC(=O)c1ccccc1NC(=O)c1c([N+](=O)[O-])c(C)nn1C. The van der Waals surface area contributed by atoms with Crippen molar-refractivity contribution in [3.05, 3.63) is 51.3 Å². The first kappa shape index (κ1) is 16.1. The van der Waals surface area contributed by atoms with Crippen molar-refractivity contribution in [2.24, 2.45) is 7.05 Å². The molecular weight excluding hydrogens is 304 g/mol. The van der Waals surface area contributed by atoms with Crippen LogP contribution in [0.15, 0.2) is 24.3 Å². The second-order valence-electron chi connectivity index (χ2n) is 4.65. The quantitative estimate of drug-likeness (QED) is 0.521. The molecule has 0 radical (unpaired) electrons. The molecule has 0 aliphatic rings. The van der Waals surface area contributed by atoms with Crippen LogP contribution in [0.4, 0.5) is 11.4 Å². The van der Waals surface area contributed by atoms with Crippen LogP contribution in [0, 0.1) is 17.0 Å². The minimum Gasteiger partial charge on any atom is -0.465 e. The smallest absolute Gasteiger partial charge is 0.339 e. The van der Waals surface area contributed by atoms with E-state index in [0.717, 1.165) is 4.68 Å². The highest BCUT2D eigenvalue weighted by Crippen LogP contribution is 2.24. The Morgan fingerprint density at radius 1 is 1.35 bits per heavy atom. The summed E-state index contributed by atoms with van der Waals surface area (Å²) in [5.74, 6) is -1.37. The number of hydrogen-bond acceptors (Lipinski definition) is 6. The molecule has 9 heteroatoms. The van der Waals surface area contributed by atoms with Crippen LogP contribution in [-0.2, 0) is 11.8 Å². The molecule has 0 bridgehead atoms. The predicted molar refractivity (Wildman–Crippen MR) is 80.3 cm³/mol. The monoisotopic (exact) mass is 318 g/mol. The van der Waals surface area contributed by atoms with Gasteiger partial charge in [0.1, 0.15) is 5.69 Å². The topological polar surface area (TPSA) is 116 Å². The number of nitrogens with zero attached hydrogens (tertiary/aromatic N) is 3. The molecule has 23 heavy (non-hydrogen) atoms. The summed E-state index contributed by atoms with van der Waals surface area (Å²) in [6.07, 6.45) is 0. The Labute approximate surface area is 131 Å². The van der Waals surface area contributed by atoms with E-state index in [1.54, 1.807) is 12.1 Å². The number of esters is 1. The molecule has 120 valence electrons. The summed E-state index contributed by atoms with van der Waals surface area (Å²) in [4.78, 5) is 34.6. The van der Waals surface area contributed by atoms with Crippen molar-refractivity contribution in [2.45, 2.75) is 6.92 Å². The molecule has 1 amide bonds. The number of nitrogens with one attached hydrogen (secondary N) is 1. The van der Waals surface area contributed by atoms with E-state index >= 15 is 0 Å². The standard InChI is InChI=1S/C14H14N4O5/c1-8-11(18(21)22)12(17(2)16-8)13(19)15-10-7-5-4-6-9(10)14(20)23-3/h4-7H,1-3H3,(H,15,19). The minimum atomic E-state index is -0.740. The number of nitro groups is 1. The summed E-state index contributed by atoms with van der Waals surface area (Å²) < 4.78 is 5.77. The molecule has 1 aromatic carbocycles. The van der Waals surface area contributed by atoms with E-state index in [0.29, 0.717) is 0 Å². The average Bonchev–Trinajstić information content (AvgIpc) is 2.81. The molecule has 0 spiro atoms. The molecule has 1 N–H and O–H groups in total. The Morgan fingerprint density at radius 2 is 2.00 bits per heavy atom. The fraction of sp³-hybridized carbons (Fsp3) is 0.214. The number of amides is 1. The molecule has 0 saturated heterocycles. The first-order chi connectivity index (χ1) is 10.9. The van der Waals surface area contributed by atoms with Gasteiger partial charge in [-0.2, -0.15) is 5.10 Å². The number of aromatic nitrogens is 2. The van der Waals surface area contributed by atoms with Gasteiger partial charge in [0.05, 0.1) is 23.3 Å². The Morgan fingerprint density at radius 3 is 2.61 bits per heavy atom. The Bertz CT molecular complexity index is 796. The van der Waals surface area contributed by atoms with Gasteiger partial charge in [-0.3, -0.25) is 19.6 Å². The van der Waals surface area contributed by atoms with Gasteiger partial charge in [0.15, 0.2) is 0 Å². The molecule has 0 aliphatic heterocycles. The van der Waals surface area contributed by atoms with Gasteiger partial charge in [0, 0.05) is 7.05 Å². The largest absolute Gasteiger partial charge is 0.465 e. The van der Waals surface area contributed by atoms with Crippen molar-refractivity contribution in [1.82, 2.24) is 9.78 Å². The van der Waals surface area contributed by atoms with Crippen molar-refractivity contribution < 1.29 is 19.2 Å². The minimum absolute atomic E-state index is 0.129. The number of methoxy groups -OCH3 is 1. The van der Waals surface area contributed by atoms with Gasteiger partial charge < -0.3 is 10.1 Å². The molecule has 1 aromatic heterocycles. The number of carbonyl (C=O) groups excluding carboxylic acids is 2. The van der Waals surface area contributed by atoms with Crippen LogP contribution < -0.4 is 5.32 Å². The van der Waals surface area contributed by atoms with Crippen LogP contribution in [0.3, 0.4) is 0 Å². The van der Waals surface area contributed by atoms with Gasteiger partial charge in [-0.1, -0.05) is 12.1 Å². The normalized spacial score (nSPS) is 10.2. The molecule has 0 fully saturated rings. The zero-order valence-electron chi connectivity index (χ0n) is 12.7. The molecule has 2 rings (SSSR count). The van der Waals surface area contributed by atoms with Crippen molar-refractivity contribution >= 4 is 23.3 Å². The van der Waals surface area contributed by atoms with E-state index in [1.165, 1.54) is 33.2 Å². The molecule has 0 saturated carbocycles. The van der Waals surface area contributed by atoms with Crippen LogP contribution in [0.25, 0.3) is 0 Å². The Balaban J connectivity index is 2.42. The van der Waals surface area contributed by atoms with Crippen molar-refractivity contribution in [3.8, 4) is 0 Å². The number of aryl methyl sites for hydroxylation is 2. The van der Waals surface area contributed by atoms with Crippen LogP contribution >= 0.6 is 0 Å². The number of benzene rings is 1. The lowest BCUT2D eigenvalue weighted by atomic mass is 10.1. The number of carbonyl (C=O) groups is 2. The molecule has 9 nitrogen and oxygen atoms in total. The van der Waals surface area contributed by atoms with Crippen molar-refractivity contribution in [3.63, 3.8) is 0 Å². The highest BCUT2D eigenvalue weighted by Gasteiger charge is 2.29. The number of rotatable bonds is 4. The summed E-state index contributed by atoms with van der Waals surface area (Å²) in [5, 5.41) is 17.5. The zero-order chi connectivity index (χ0) is 17.1. The number of ether oxygens (including phenoxy) is 1. The summed E-state index contributed by atoms with van der Waals surface area (Å²) >= 11 is 0. The van der Waals surface area contributed by atoms with Crippen LogP contribution in [-0.4, -0.2) is 33.7 Å². The lowest BCUT2D eigenvalue weighted by Gasteiger charge is -2.09. The van der Waals surface area contributed by atoms with Crippen LogP contribution in [0.1, 0.15) is 26.5 Å². The number of hydrogen-bond donors (Lipinski definition) is 1. The first-order valence-corrected chi connectivity index (χ1v) is 6.53. The maximum Gasteiger partial charge on any atom is 0.339 e. The van der Waals surface area contributed by atoms with E-state index in [4.69, 9.17) is 0 Å². The van der Waals surface area contributed by atoms with Gasteiger partial charge >= 0.3 is 11.7 Å². The van der Waals surface area contributed by atoms with E-state index in [9.17, 15) is 19.7 Å². The van der Waals surface area contributed by atoms with Crippen LogP contribution in [0.5, 0.6) is 0 Å². The number of para-hydroxylation sites is 1. The molecule has 1 heterocycles. The highest BCUT2D eigenvalue weighted by molar-refractivity contribution is 6.09.